The smallest absolute Gasteiger partial charge is 0.319 e. The summed E-state index contributed by atoms with van der Waals surface area (Å²) in [5.41, 5.74) is 0.0122. The van der Waals surface area contributed by atoms with E-state index < -0.39 is 23.8 Å². The summed E-state index contributed by atoms with van der Waals surface area (Å²) in [4.78, 5) is 13.5. The lowest BCUT2D eigenvalue weighted by molar-refractivity contribution is 0.126. The minimum atomic E-state index is -0.686. The summed E-state index contributed by atoms with van der Waals surface area (Å²) in [6.07, 6.45) is 2.23. The van der Waals surface area contributed by atoms with Crippen molar-refractivity contribution in [2.75, 3.05) is 29.9 Å². The van der Waals surface area contributed by atoms with Gasteiger partial charge < -0.3 is 20.6 Å². The van der Waals surface area contributed by atoms with Crippen molar-refractivity contribution in [1.82, 2.24) is 5.32 Å². The zero-order valence-electron chi connectivity index (χ0n) is 14.1. The van der Waals surface area contributed by atoms with Crippen LogP contribution in [-0.4, -0.2) is 36.9 Å². The quantitative estimate of drug-likeness (QED) is 0.771. The number of hydrogen-bond donors (Lipinski definition) is 3. The van der Waals surface area contributed by atoms with Gasteiger partial charge in [-0.25, -0.2) is 13.6 Å². The number of nitrogens with one attached hydrogen (secondary N) is 2. The number of hydrogen-bond acceptors (Lipinski definition) is 3. The maximum absolute atomic E-state index is 14.3. The molecule has 1 aromatic carbocycles. The summed E-state index contributed by atoms with van der Waals surface area (Å²) in [6, 6.07) is 1.62. The second kappa shape index (κ2) is 8.28. The Balaban J connectivity index is 2.00. The van der Waals surface area contributed by atoms with Crippen LogP contribution in [0.3, 0.4) is 0 Å². The molecule has 1 heterocycles. The molecular formula is C17H25F2N3O2. The van der Waals surface area contributed by atoms with Crippen molar-refractivity contribution in [3.63, 3.8) is 0 Å². The molecule has 2 rings (SSSR count). The highest BCUT2D eigenvalue weighted by Crippen LogP contribution is 2.29. The minimum absolute atomic E-state index is 0.00372. The topological polar surface area (TPSA) is 64.6 Å². The van der Waals surface area contributed by atoms with E-state index in [1.165, 1.54) is 0 Å². The van der Waals surface area contributed by atoms with E-state index in [9.17, 15) is 18.7 Å². The number of carbonyl (C=O) groups is 1. The molecule has 7 heteroatoms. The summed E-state index contributed by atoms with van der Waals surface area (Å²) in [7, 11) is 0. The number of nitrogens with zero attached hydrogens (tertiary/aromatic N) is 1. The first-order chi connectivity index (χ1) is 11.4. The number of aliphatic hydroxyl groups is 1. The zero-order chi connectivity index (χ0) is 17.7. The van der Waals surface area contributed by atoms with Gasteiger partial charge in [0.2, 0.25) is 0 Å². The zero-order valence-corrected chi connectivity index (χ0v) is 14.1. The van der Waals surface area contributed by atoms with E-state index in [1.54, 1.807) is 4.90 Å². The van der Waals surface area contributed by atoms with Crippen molar-refractivity contribution in [2.24, 2.45) is 5.92 Å². The molecule has 134 valence electrons. The maximum Gasteiger partial charge on any atom is 0.319 e. The molecule has 5 nitrogen and oxygen atoms in total. The standard InChI is InChI=1S/C17H25F2N3O2/c1-11(2)15(23)10-20-17(24)21-12-8-13(18)16(14(19)9-12)22-6-4-3-5-7-22/h8-9,11,15,23H,3-7,10H2,1-2H3,(H2,20,21,24). The van der Waals surface area contributed by atoms with Crippen LogP contribution in [0.4, 0.5) is 25.0 Å². The Kier molecular flexibility index (Phi) is 6.36. The number of rotatable bonds is 5. The summed E-state index contributed by atoms with van der Waals surface area (Å²) < 4.78 is 28.5. The van der Waals surface area contributed by atoms with Gasteiger partial charge in [0, 0.05) is 25.3 Å². The van der Waals surface area contributed by atoms with E-state index in [-0.39, 0.29) is 23.8 Å². The van der Waals surface area contributed by atoms with Gasteiger partial charge in [-0.15, -0.1) is 0 Å². The first-order valence-electron chi connectivity index (χ1n) is 8.35. The number of carbonyl (C=O) groups excluding carboxylic acids is 1. The predicted octanol–water partition coefficient (Wildman–Crippen LogP) is 3.09. The fraction of sp³-hybridized carbons (Fsp3) is 0.588. The van der Waals surface area contributed by atoms with Crippen molar-refractivity contribution in [2.45, 2.75) is 39.2 Å². The molecule has 1 unspecified atom stereocenters. The van der Waals surface area contributed by atoms with Crippen LogP contribution in [0.25, 0.3) is 0 Å². The largest absolute Gasteiger partial charge is 0.391 e. The Bertz CT molecular complexity index is 552. The Hall–Kier alpha value is -1.89. The Morgan fingerprint density at radius 2 is 1.79 bits per heavy atom. The molecule has 0 aliphatic carbocycles. The van der Waals surface area contributed by atoms with Gasteiger partial charge in [-0.05, 0) is 37.3 Å². The fourth-order valence-corrected chi connectivity index (χ4v) is 2.67. The van der Waals surface area contributed by atoms with Crippen molar-refractivity contribution < 1.29 is 18.7 Å². The number of urea groups is 1. The van der Waals surface area contributed by atoms with Crippen LogP contribution >= 0.6 is 0 Å². The van der Waals surface area contributed by atoms with Gasteiger partial charge in [-0.3, -0.25) is 0 Å². The normalized spacial score (nSPS) is 16.2. The van der Waals surface area contributed by atoms with Crippen LogP contribution in [0, 0.1) is 17.6 Å². The fourth-order valence-electron chi connectivity index (χ4n) is 2.67. The molecule has 0 aromatic heterocycles. The third-order valence-corrected chi connectivity index (χ3v) is 4.19. The van der Waals surface area contributed by atoms with E-state index in [0.29, 0.717) is 13.1 Å². The number of aliphatic hydroxyl groups excluding tert-OH is 1. The van der Waals surface area contributed by atoms with Crippen LogP contribution in [-0.2, 0) is 0 Å². The summed E-state index contributed by atoms with van der Waals surface area (Å²) in [5.74, 6) is -1.37. The Labute approximate surface area is 141 Å². The average Bonchev–Trinajstić information content (AvgIpc) is 2.52. The first-order valence-corrected chi connectivity index (χ1v) is 8.35. The van der Waals surface area contributed by atoms with E-state index in [0.717, 1.165) is 31.4 Å². The van der Waals surface area contributed by atoms with Gasteiger partial charge >= 0.3 is 6.03 Å². The van der Waals surface area contributed by atoms with Crippen LogP contribution in [0.2, 0.25) is 0 Å². The molecule has 0 saturated carbocycles. The number of anilines is 2. The molecule has 0 spiro atoms. The van der Waals surface area contributed by atoms with Crippen LogP contribution in [0.5, 0.6) is 0 Å². The minimum Gasteiger partial charge on any atom is -0.391 e. The molecule has 3 N–H and O–H groups in total. The highest BCUT2D eigenvalue weighted by Gasteiger charge is 2.20. The highest BCUT2D eigenvalue weighted by molar-refractivity contribution is 5.89. The average molecular weight is 341 g/mol. The van der Waals surface area contributed by atoms with Gasteiger partial charge in [0.1, 0.15) is 5.69 Å². The molecule has 24 heavy (non-hydrogen) atoms. The molecule has 1 aliphatic rings. The van der Waals surface area contributed by atoms with Crippen molar-refractivity contribution >= 4 is 17.4 Å². The van der Waals surface area contributed by atoms with Crippen LogP contribution in [0.1, 0.15) is 33.1 Å². The monoisotopic (exact) mass is 341 g/mol. The second-order valence-corrected chi connectivity index (χ2v) is 6.48. The molecule has 1 atom stereocenters. The van der Waals surface area contributed by atoms with Gasteiger partial charge in [-0.2, -0.15) is 0 Å². The highest BCUT2D eigenvalue weighted by atomic mass is 19.1. The second-order valence-electron chi connectivity index (χ2n) is 6.48. The van der Waals surface area contributed by atoms with E-state index in [1.807, 2.05) is 13.8 Å². The maximum atomic E-state index is 14.3. The third-order valence-electron chi connectivity index (χ3n) is 4.19. The number of amides is 2. The van der Waals surface area contributed by atoms with Crippen LogP contribution in [0.15, 0.2) is 12.1 Å². The van der Waals surface area contributed by atoms with E-state index in [2.05, 4.69) is 10.6 Å². The molecule has 2 amide bonds. The lowest BCUT2D eigenvalue weighted by Gasteiger charge is -2.29. The SMILES string of the molecule is CC(C)C(O)CNC(=O)Nc1cc(F)c(N2CCCCC2)c(F)c1. The number of piperidine rings is 1. The number of halogens is 2. The lowest BCUT2D eigenvalue weighted by atomic mass is 10.1. The first kappa shape index (κ1) is 18.4. The Morgan fingerprint density at radius 3 is 2.33 bits per heavy atom. The summed E-state index contributed by atoms with van der Waals surface area (Å²) >= 11 is 0. The Morgan fingerprint density at radius 1 is 1.21 bits per heavy atom. The summed E-state index contributed by atoms with van der Waals surface area (Å²) in [5, 5.41) is 14.5. The lowest BCUT2D eigenvalue weighted by Crippen LogP contribution is -2.37. The molecule has 0 bridgehead atoms. The molecule has 1 aromatic rings. The summed E-state index contributed by atoms with van der Waals surface area (Å²) in [6.45, 7) is 4.99. The van der Waals surface area contributed by atoms with E-state index in [4.69, 9.17) is 0 Å². The molecule has 1 aliphatic heterocycles. The molecule has 0 radical (unpaired) electrons. The molecular weight excluding hydrogens is 316 g/mol. The van der Waals surface area contributed by atoms with Crippen molar-refractivity contribution in [3.05, 3.63) is 23.8 Å². The molecule has 1 fully saturated rings. The third kappa shape index (κ3) is 4.80. The number of benzene rings is 1. The molecule has 1 saturated heterocycles. The van der Waals surface area contributed by atoms with Crippen molar-refractivity contribution in [3.8, 4) is 0 Å². The van der Waals surface area contributed by atoms with Gasteiger partial charge in [0.15, 0.2) is 11.6 Å². The van der Waals surface area contributed by atoms with Gasteiger partial charge in [0.05, 0.1) is 6.10 Å². The van der Waals surface area contributed by atoms with Crippen molar-refractivity contribution in [1.29, 1.82) is 0 Å². The van der Waals surface area contributed by atoms with Gasteiger partial charge in [-0.1, -0.05) is 13.8 Å². The predicted molar refractivity (Wildman–Crippen MR) is 90.3 cm³/mol. The van der Waals surface area contributed by atoms with E-state index >= 15 is 0 Å². The van der Waals surface area contributed by atoms with Crippen LogP contribution < -0.4 is 15.5 Å². The van der Waals surface area contributed by atoms with Gasteiger partial charge in [0.25, 0.3) is 0 Å².